The number of fused-ring (bicyclic) bond motifs is 4. The molecule has 1 N–H and O–H groups in total. The zero-order valence-corrected chi connectivity index (χ0v) is 15.7. The van der Waals surface area contributed by atoms with Crippen molar-refractivity contribution in [3.8, 4) is 5.75 Å². The molecule has 2 bridgehead atoms. The van der Waals surface area contributed by atoms with Gasteiger partial charge in [-0.25, -0.2) is 0 Å². The van der Waals surface area contributed by atoms with Crippen molar-refractivity contribution in [3.63, 3.8) is 0 Å². The van der Waals surface area contributed by atoms with Crippen LogP contribution in [0.2, 0.25) is 0 Å². The number of phenols is 1. The molecule has 3 aliphatic rings. The van der Waals surface area contributed by atoms with Gasteiger partial charge in [-0.1, -0.05) is 49.7 Å². The van der Waals surface area contributed by atoms with Gasteiger partial charge in [-0.2, -0.15) is 0 Å². The van der Waals surface area contributed by atoms with Crippen molar-refractivity contribution in [2.75, 3.05) is 13.1 Å². The molecular formula is C24H29NO. The minimum atomic E-state index is 0.0361. The van der Waals surface area contributed by atoms with Crippen molar-refractivity contribution in [3.05, 3.63) is 65.2 Å². The summed E-state index contributed by atoms with van der Waals surface area (Å²) in [5.41, 5.74) is 4.27. The van der Waals surface area contributed by atoms with Gasteiger partial charge in [0.1, 0.15) is 5.75 Å². The first kappa shape index (κ1) is 16.4. The van der Waals surface area contributed by atoms with Gasteiger partial charge in [0.05, 0.1) is 0 Å². The molecule has 3 atom stereocenters. The van der Waals surface area contributed by atoms with Gasteiger partial charge < -0.3 is 5.11 Å². The maximum Gasteiger partial charge on any atom is 0.115 e. The van der Waals surface area contributed by atoms with Crippen LogP contribution in [0.4, 0.5) is 0 Å². The van der Waals surface area contributed by atoms with Crippen LogP contribution in [0, 0.1) is 11.8 Å². The van der Waals surface area contributed by atoms with E-state index in [1.54, 1.807) is 0 Å². The van der Waals surface area contributed by atoms with Crippen LogP contribution in [0.5, 0.6) is 5.75 Å². The lowest BCUT2D eigenvalue weighted by molar-refractivity contribution is 0.0200. The zero-order chi connectivity index (χ0) is 17.7. The Bertz CT molecular complexity index is 797. The van der Waals surface area contributed by atoms with E-state index >= 15 is 0 Å². The Kier molecular flexibility index (Phi) is 3.86. The molecule has 3 unspecified atom stereocenters. The van der Waals surface area contributed by atoms with Crippen molar-refractivity contribution in [1.82, 2.24) is 4.90 Å². The van der Waals surface area contributed by atoms with Gasteiger partial charge in [-0.05, 0) is 72.9 Å². The number of hydrogen-bond donors (Lipinski definition) is 1. The Morgan fingerprint density at radius 1 is 1.12 bits per heavy atom. The molecule has 26 heavy (non-hydrogen) atoms. The number of nitrogens with zero attached hydrogens (tertiary/aromatic N) is 1. The summed E-state index contributed by atoms with van der Waals surface area (Å²) in [4.78, 5) is 2.80. The monoisotopic (exact) mass is 347 g/mol. The van der Waals surface area contributed by atoms with E-state index in [1.807, 2.05) is 6.07 Å². The second-order valence-electron chi connectivity index (χ2n) is 8.78. The van der Waals surface area contributed by atoms with Crippen LogP contribution < -0.4 is 0 Å². The van der Waals surface area contributed by atoms with Crippen LogP contribution in [-0.2, 0) is 11.8 Å². The maximum absolute atomic E-state index is 10.2. The largest absolute Gasteiger partial charge is 0.508 e. The van der Waals surface area contributed by atoms with Gasteiger partial charge in [0.25, 0.3) is 0 Å². The molecule has 1 aliphatic heterocycles. The van der Waals surface area contributed by atoms with Gasteiger partial charge in [0, 0.05) is 18.0 Å². The number of hydrogen-bond acceptors (Lipinski definition) is 2. The molecule has 1 heterocycles. The summed E-state index contributed by atoms with van der Waals surface area (Å²) in [6.45, 7) is 4.92. The topological polar surface area (TPSA) is 23.5 Å². The maximum atomic E-state index is 10.2. The van der Waals surface area contributed by atoms with Gasteiger partial charge in [0.2, 0.25) is 0 Å². The average molecular weight is 348 g/mol. The summed E-state index contributed by atoms with van der Waals surface area (Å²) < 4.78 is 0. The molecule has 1 saturated carbocycles. The first-order valence-electron chi connectivity index (χ1n) is 10.3. The Labute approximate surface area is 156 Å². The first-order chi connectivity index (χ1) is 12.7. The number of aromatic hydroxyl groups is 1. The van der Waals surface area contributed by atoms with Crippen LogP contribution in [0.1, 0.15) is 49.3 Å². The quantitative estimate of drug-likeness (QED) is 0.866. The fourth-order valence-electron chi connectivity index (χ4n) is 5.96. The third kappa shape index (κ3) is 2.35. The molecular weight excluding hydrogens is 318 g/mol. The van der Waals surface area contributed by atoms with Gasteiger partial charge in [-0.15, -0.1) is 0 Å². The van der Waals surface area contributed by atoms with Crippen molar-refractivity contribution >= 4 is 0 Å². The van der Waals surface area contributed by atoms with E-state index in [4.69, 9.17) is 0 Å². The van der Waals surface area contributed by atoms with E-state index < -0.39 is 0 Å². The van der Waals surface area contributed by atoms with Gasteiger partial charge in [0.15, 0.2) is 0 Å². The summed E-state index contributed by atoms with van der Waals surface area (Å²) in [7, 11) is 0. The highest BCUT2D eigenvalue weighted by Gasteiger charge is 2.52. The predicted molar refractivity (Wildman–Crippen MR) is 106 cm³/mol. The lowest BCUT2D eigenvalue weighted by Crippen LogP contribution is -2.60. The lowest BCUT2D eigenvalue weighted by Gasteiger charge is -2.57. The van der Waals surface area contributed by atoms with E-state index in [0.717, 1.165) is 18.8 Å². The molecule has 0 amide bonds. The second kappa shape index (κ2) is 6.13. The van der Waals surface area contributed by atoms with Crippen molar-refractivity contribution in [2.24, 2.45) is 11.8 Å². The molecule has 2 fully saturated rings. The third-order valence-corrected chi connectivity index (χ3v) is 7.63. The summed E-state index contributed by atoms with van der Waals surface area (Å²) in [5.74, 6) is 1.89. The third-order valence-electron chi connectivity index (χ3n) is 7.63. The van der Waals surface area contributed by atoms with Crippen LogP contribution in [0.3, 0.4) is 0 Å². The summed E-state index contributed by atoms with van der Waals surface area (Å²) in [5, 5.41) is 10.2. The average Bonchev–Trinajstić information content (AvgIpc) is 2.62. The second-order valence-corrected chi connectivity index (χ2v) is 8.78. The van der Waals surface area contributed by atoms with E-state index in [2.05, 4.69) is 54.3 Å². The molecule has 0 radical (unpaired) electrons. The number of piperidine rings is 1. The highest BCUT2D eigenvalue weighted by atomic mass is 16.3. The lowest BCUT2D eigenvalue weighted by atomic mass is 9.55. The summed E-state index contributed by atoms with van der Waals surface area (Å²) in [6, 6.07) is 17.8. The molecule has 2 heteroatoms. The molecule has 0 spiro atoms. The SMILES string of the molecule is CC1C2Cc3ccc(O)cc3C1(c1ccccc1)CCN2CC1CCC1. The van der Waals surface area contributed by atoms with Crippen LogP contribution in [0.15, 0.2) is 48.5 Å². The fraction of sp³-hybridized carbons (Fsp3) is 0.500. The molecule has 0 aromatic heterocycles. The Morgan fingerprint density at radius 3 is 2.65 bits per heavy atom. The van der Waals surface area contributed by atoms with Gasteiger partial charge >= 0.3 is 0 Å². The normalized spacial score (nSPS) is 31.3. The van der Waals surface area contributed by atoms with Crippen LogP contribution >= 0.6 is 0 Å². The van der Waals surface area contributed by atoms with Crippen LogP contribution in [-0.4, -0.2) is 29.1 Å². The fourth-order valence-corrected chi connectivity index (χ4v) is 5.96. The number of rotatable bonds is 3. The standard InChI is InChI=1S/C24H29NO/c1-17-23-14-19-10-11-21(26)15-22(19)24(17,20-8-3-2-4-9-20)12-13-25(23)16-18-6-5-7-18/h2-4,8-11,15,17-18,23,26H,5-7,12-14,16H2,1H3. The number of phenolic OH excluding ortho intramolecular Hbond substituents is 1. The molecule has 2 nitrogen and oxygen atoms in total. The summed E-state index contributed by atoms with van der Waals surface area (Å²) in [6.07, 6.45) is 6.54. The molecule has 5 rings (SSSR count). The number of likely N-dealkylation sites (tertiary alicyclic amines) is 1. The molecule has 1 saturated heterocycles. The van der Waals surface area contributed by atoms with E-state index in [9.17, 15) is 5.11 Å². The minimum absolute atomic E-state index is 0.0361. The minimum Gasteiger partial charge on any atom is -0.508 e. The molecule has 2 aliphatic carbocycles. The van der Waals surface area contributed by atoms with Crippen molar-refractivity contribution in [1.29, 1.82) is 0 Å². The van der Waals surface area contributed by atoms with Crippen LogP contribution in [0.25, 0.3) is 0 Å². The van der Waals surface area contributed by atoms with Gasteiger partial charge in [-0.3, -0.25) is 4.90 Å². The molecule has 2 aromatic rings. The Balaban J connectivity index is 1.61. The molecule has 136 valence electrons. The molecule has 2 aromatic carbocycles. The van der Waals surface area contributed by atoms with E-state index in [-0.39, 0.29) is 5.41 Å². The Hall–Kier alpha value is -1.80. The van der Waals surface area contributed by atoms with Crippen molar-refractivity contribution in [2.45, 2.75) is 50.5 Å². The predicted octanol–water partition coefficient (Wildman–Crippen LogP) is 4.74. The zero-order valence-electron chi connectivity index (χ0n) is 15.7. The highest BCUT2D eigenvalue weighted by Crippen LogP contribution is 2.53. The Morgan fingerprint density at radius 2 is 1.92 bits per heavy atom. The first-order valence-corrected chi connectivity index (χ1v) is 10.3. The smallest absolute Gasteiger partial charge is 0.115 e. The van der Waals surface area contributed by atoms with E-state index in [1.165, 1.54) is 49.0 Å². The summed E-state index contributed by atoms with van der Waals surface area (Å²) >= 11 is 0. The van der Waals surface area contributed by atoms with Crippen molar-refractivity contribution < 1.29 is 5.11 Å². The highest BCUT2D eigenvalue weighted by molar-refractivity contribution is 5.51. The van der Waals surface area contributed by atoms with E-state index in [0.29, 0.717) is 17.7 Å². The number of benzene rings is 2.